The molecule has 0 radical (unpaired) electrons. The third kappa shape index (κ3) is 1.32. The summed E-state index contributed by atoms with van der Waals surface area (Å²) in [7, 11) is 0. The van der Waals surface area contributed by atoms with Crippen LogP contribution in [0.15, 0.2) is 0 Å². The molecular formula is C11H20. The standard InChI is InChI=1S/C11H20/c1-3-8(2)10-7-11(10)9-5-4-6-9/h8-11H,3-7H2,1-2H3. The highest BCUT2D eigenvalue weighted by Crippen LogP contribution is 2.55. The van der Waals surface area contributed by atoms with Crippen LogP contribution in [0.3, 0.4) is 0 Å². The molecule has 11 heavy (non-hydrogen) atoms. The van der Waals surface area contributed by atoms with E-state index in [0.29, 0.717) is 0 Å². The van der Waals surface area contributed by atoms with Gasteiger partial charge in [-0.2, -0.15) is 0 Å². The molecule has 0 saturated heterocycles. The molecule has 0 heterocycles. The Bertz CT molecular complexity index is 126. The Balaban J connectivity index is 1.76. The van der Waals surface area contributed by atoms with Crippen molar-refractivity contribution in [2.75, 3.05) is 0 Å². The zero-order chi connectivity index (χ0) is 7.84. The van der Waals surface area contributed by atoms with Gasteiger partial charge in [0.2, 0.25) is 0 Å². The van der Waals surface area contributed by atoms with Crippen molar-refractivity contribution in [1.82, 2.24) is 0 Å². The summed E-state index contributed by atoms with van der Waals surface area (Å²) in [6.07, 6.45) is 7.59. The lowest BCUT2D eigenvalue weighted by Gasteiger charge is -2.26. The molecule has 0 nitrogen and oxygen atoms in total. The predicted molar refractivity (Wildman–Crippen MR) is 48.4 cm³/mol. The summed E-state index contributed by atoms with van der Waals surface area (Å²) < 4.78 is 0. The first kappa shape index (κ1) is 7.64. The molecule has 0 N–H and O–H groups in total. The van der Waals surface area contributed by atoms with Crippen LogP contribution in [0, 0.1) is 23.7 Å². The van der Waals surface area contributed by atoms with Crippen molar-refractivity contribution in [2.24, 2.45) is 23.7 Å². The molecule has 0 aromatic rings. The Kier molecular flexibility index (Phi) is 1.95. The molecule has 2 fully saturated rings. The van der Waals surface area contributed by atoms with Crippen LogP contribution in [-0.4, -0.2) is 0 Å². The van der Waals surface area contributed by atoms with Gasteiger partial charge >= 0.3 is 0 Å². The molecule has 0 aromatic heterocycles. The Morgan fingerprint density at radius 1 is 1.36 bits per heavy atom. The average molecular weight is 152 g/mol. The smallest absolute Gasteiger partial charge is 0.0352 e. The molecule has 0 aromatic carbocycles. The van der Waals surface area contributed by atoms with Crippen LogP contribution in [-0.2, 0) is 0 Å². The van der Waals surface area contributed by atoms with Crippen LogP contribution >= 0.6 is 0 Å². The van der Waals surface area contributed by atoms with Crippen molar-refractivity contribution in [3.8, 4) is 0 Å². The van der Waals surface area contributed by atoms with Crippen LogP contribution < -0.4 is 0 Å². The van der Waals surface area contributed by atoms with Crippen molar-refractivity contribution in [3.05, 3.63) is 0 Å². The monoisotopic (exact) mass is 152 g/mol. The van der Waals surface area contributed by atoms with Crippen LogP contribution in [0.5, 0.6) is 0 Å². The zero-order valence-electron chi connectivity index (χ0n) is 7.84. The summed E-state index contributed by atoms with van der Waals surface area (Å²) in [5.41, 5.74) is 0. The molecule has 2 aliphatic carbocycles. The number of rotatable bonds is 3. The minimum atomic E-state index is 1.01. The maximum Gasteiger partial charge on any atom is -0.0352 e. The van der Waals surface area contributed by atoms with Gasteiger partial charge < -0.3 is 0 Å². The largest absolute Gasteiger partial charge is 0.0651 e. The Labute approximate surface area is 70.4 Å². The van der Waals surface area contributed by atoms with E-state index in [1.807, 2.05) is 0 Å². The molecule has 2 rings (SSSR count). The zero-order valence-corrected chi connectivity index (χ0v) is 7.84. The van der Waals surface area contributed by atoms with Gasteiger partial charge in [-0.3, -0.25) is 0 Å². The van der Waals surface area contributed by atoms with E-state index in [0.717, 1.165) is 17.8 Å². The summed E-state index contributed by atoms with van der Waals surface area (Å²) in [5, 5.41) is 0. The fourth-order valence-electron chi connectivity index (χ4n) is 2.60. The van der Waals surface area contributed by atoms with Crippen molar-refractivity contribution >= 4 is 0 Å². The molecule has 3 atom stereocenters. The molecule has 3 unspecified atom stereocenters. The van der Waals surface area contributed by atoms with E-state index in [1.165, 1.54) is 18.8 Å². The lowest BCUT2D eigenvalue weighted by atomic mass is 9.80. The first-order valence-electron chi connectivity index (χ1n) is 5.33. The number of hydrogen-bond acceptors (Lipinski definition) is 0. The second-order valence-corrected chi connectivity index (χ2v) is 4.64. The van der Waals surface area contributed by atoms with Gasteiger partial charge in [0.05, 0.1) is 0 Å². The average Bonchev–Trinajstić information content (AvgIpc) is 2.63. The molecule has 0 spiro atoms. The molecular weight excluding hydrogens is 132 g/mol. The molecule has 0 aliphatic heterocycles. The Morgan fingerprint density at radius 2 is 2.09 bits per heavy atom. The molecule has 0 bridgehead atoms. The highest BCUT2D eigenvalue weighted by atomic mass is 14.5. The van der Waals surface area contributed by atoms with Gasteiger partial charge in [0.1, 0.15) is 0 Å². The third-order valence-electron chi connectivity index (χ3n) is 4.02. The van der Waals surface area contributed by atoms with Gasteiger partial charge in [-0.15, -0.1) is 0 Å². The lowest BCUT2D eigenvalue weighted by molar-refractivity contribution is 0.251. The fraction of sp³-hybridized carbons (Fsp3) is 1.00. The van der Waals surface area contributed by atoms with E-state index in [9.17, 15) is 0 Å². The molecule has 0 amide bonds. The number of hydrogen-bond donors (Lipinski definition) is 0. The molecule has 64 valence electrons. The van der Waals surface area contributed by atoms with E-state index in [4.69, 9.17) is 0 Å². The Morgan fingerprint density at radius 3 is 2.55 bits per heavy atom. The minimum absolute atomic E-state index is 1.01. The minimum Gasteiger partial charge on any atom is -0.0651 e. The van der Waals surface area contributed by atoms with E-state index < -0.39 is 0 Å². The van der Waals surface area contributed by atoms with Crippen LogP contribution in [0.2, 0.25) is 0 Å². The van der Waals surface area contributed by atoms with Crippen LogP contribution in [0.1, 0.15) is 46.0 Å². The quantitative estimate of drug-likeness (QED) is 0.581. The first-order valence-corrected chi connectivity index (χ1v) is 5.33. The van der Waals surface area contributed by atoms with E-state index >= 15 is 0 Å². The third-order valence-corrected chi connectivity index (χ3v) is 4.02. The van der Waals surface area contributed by atoms with Crippen LogP contribution in [0.4, 0.5) is 0 Å². The molecule has 2 saturated carbocycles. The maximum absolute atomic E-state index is 2.43. The SMILES string of the molecule is CCC(C)C1CC1C1CCC1. The fourth-order valence-corrected chi connectivity index (χ4v) is 2.60. The highest BCUT2D eigenvalue weighted by molar-refractivity contribution is 4.95. The maximum atomic E-state index is 2.43. The van der Waals surface area contributed by atoms with Crippen molar-refractivity contribution in [1.29, 1.82) is 0 Å². The first-order chi connectivity index (χ1) is 5.33. The van der Waals surface area contributed by atoms with E-state index in [-0.39, 0.29) is 0 Å². The summed E-state index contributed by atoms with van der Waals surface area (Å²) in [4.78, 5) is 0. The van der Waals surface area contributed by atoms with E-state index in [2.05, 4.69) is 13.8 Å². The topological polar surface area (TPSA) is 0 Å². The summed E-state index contributed by atoms with van der Waals surface area (Å²) in [6, 6.07) is 0. The van der Waals surface area contributed by atoms with Crippen molar-refractivity contribution in [2.45, 2.75) is 46.0 Å². The Hall–Kier alpha value is 0. The van der Waals surface area contributed by atoms with Gasteiger partial charge in [0.25, 0.3) is 0 Å². The van der Waals surface area contributed by atoms with E-state index in [1.54, 1.807) is 19.3 Å². The van der Waals surface area contributed by atoms with Gasteiger partial charge in [0.15, 0.2) is 0 Å². The summed E-state index contributed by atoms with van der Waals surface area (Å²) >= 11 is 0. The lowest BCUT2D eigenvalue weighted by Crippen LogP contribution is -2.15. The molecule has 2 aliphatic rings. The van der Waals surface area contributed by atoms with Crippen LogP contribution in [0.25, 0.3) is 0 Å². The second-order valence-electron chi connectivity index (χ2n) is 4.64. The summed E-state index contributed by atoms with van der Waals surface area (Å²) in [6.45, 7) is 4.77. The normalized spacial score (nSPS) is 39.8. The highest BCUT2D eigenvalue weighted by Gasteiger charge is 2.46. The van der Waals surface area contributed by atoms with Crippen molar-refractivity contribution in [3.63, 3.8) is 0 Å². The van der Waals surface area contributed by atoms with Gasteiger partial charge in [-0.05, 0) is 30.1 Å². The second kappa shape index (κ2) is 2.80. The van der Waals surface area contributed by atoms with Gasteiger partial charge in [-0.25, -0.2) is 0 Å². The van der Waals surface area contributed by atoms with Gasteiger partial charge in [0, 0.05) is 0 Å². The van der Waals surface area contributed by atoms with Crippen molar-refractivity contribution < 1.29 is 0 Å². The van der Waals surface area contributed by atoms with Gasteiger partial charge in [-0.1, -0.05) is 39.5 Å². The molecule has 0 heteroatoms. The predicted octanol–water partition coefficient (Wildman–Crippen LogP) is 3.47. The summed E-state index contributed by atoms with van der Waals surface area (Å²) in [5.74, 6) is 4.47.